The summed E-state index contributed by atoms with van der Waals surface area (Å²) >= 11 is 0. The third-order valence-corrected chi connectivity index (χ3v) is 2.49. The molecule has 0 saturated heterocycles. The number of anilines is 1. The standard InChI is InChI=1S/C12H14N2O/c1-10(7-8-13)14(2)12-6-4-3-5-11(12)9-15/h3-6,9-10H,7H2,1-2H3. The van der Waals surface area contributed by atoms with Crippen LogP contribution in [0.25, 0.3) is 0 Å². The Morgan fingerprint density at radius 2 is 2.20 bits per heavy atom. The third-order valence-electron chi connectivity index (χ3n) is 2.49. The summed E-state index contributed by atoms with van der Waals surface area (Å²) in [5, 5.41) is 8.61. The summed E-state index contributed by atoms with van der Waals surface area (Å²) in [6.07, 6.45) is 1.29. The number of hydrogen-bond donors (Lipinski definition) is 0. The molecule has 0 bridgehead atoms. The topological polar surface area (TPSA) is 44.1 Å². The minimum absolute atomic E-state index is 0.107. The molecule has 0 amide bonds. The molecule has 0 aliphatic rings. The van der Waals surface area contributed by atoms with Crippen LogP contribution in [0.3, 0.4) is 0 Å². The summed E-state index contributed by atoms with van der Waals surface area (Å²) < 4.78 is 0. The minimum Gasteiger partial charge on any atom is -0.370 e. The van der Waals surface area contributed by atoms with Gasteiger partial charge in [0.1, 0.15) is 0 Å². The Morgan fingerprint density at radius 1 is 1.53 bits per heavy atom. The van der Waals surface area contributed by atoms with Gasteiger partial charge in [-0.1, -0.05) is 12.1 Å². The second-order valence-corrected chi connectivity index (χ2v) is 3.50. The van der Waals surface area contributed by atoms with Gasteiger partial charge in [-0.15, -0.1) is 0 Å². The molecule has 0 aliphatic carbocycles. The highest BCUT2D eigenvalue weighted by molar-refractivity contribution is 5.84. The molecule has 0 aromatic heterocycles. The fourth-order valence-corrected chi connectivity index (χ4v) is 1.41. The Balaban J connectivity index is 2.95. The van der Waals surface area contributed by atoms with Gasteiger partial charge in [-0.3, -0.25) is 4.79 Å². The lowest BCUT2D eigenvalue weighted by Crippen LogP contribution is -2.29. The molecule has 3 nitrogen and oxygen atoms in total. The van der Waals surface area contributed by atoms with Gasteiger partial charge in [-0.25, -0.2) is 0 Å². The van der Waals surface area contributed by atoms with Gasteiger partial charge >= 0.3 is 0 Å². The van der Waals surface area contributed by atoms with Crippen LogP contribution in [0.2, 0.25) is 0 Å². The number of aldehydes is 1. The van der Waals surface area contributed by atoms with Gasteiger partial charge in [-0.05, 0) is 19.1 Å². The number of benzene rings is 1. The first-order chi connectivity index (χ1) is 7.20. The maximum Gasteiger partial charge on any atom is 0.152 e. The van der Waals surface area contributed by atoms with Gasteiger partial charge < -0.3 is 4.90 Å². The number of nitriles is 1. The largest absolute Gasteiger partial charge is 0.370 e. The zero-order chi connectivity index (χ0) is 11.3. The fraction of sp³-hybridized carbons (Fsp3) is 0.333. The molecule has 78 valence electrons. The molecule has 15 heavy (non-hydrogen) atoms. The molecule has 1 rings (SSSR count). The summed E-state index contributed by atoms with van der Waals surface area (Å²) in [5.41, 5.74) is 1.53. The molecule has 1 atom stereocenters. The zero-order valence-corrected chi connectivity index (χ0v) is 8.97. The van der Waals surface area contributed by atoms with E-state index in [-0.39, 0.29) is 6.04 Å². The second-order valence-electron chi connectivity index (χ2n) is 3.50. The number of nitrogens with zero attached hydrogens (tertiary/aromatic N) is 2. The van der Waals surface area contributed by atoms with Crippen molar-refractivity contribution in [3.63, 3.8) is 0 Å². The summed E-state index contributed by atoms with van der Waals surface area (Å²) in [5.74, 6) is 0. The Morgan fingerprint density at radius 3 is 2.80 bits per heavy atom. The van der Waals surface area contributed by atoms with E-state index in [0.717, 1.165) is 12.0 Å². The summed E-state index contributed by atoms with van der Waals surface area (Å²) in [4.78, 5) is 12.8. The van der Waals surface area contributed by atoms with E-state index in [0.29, 0.717) is 12.0 Å². The molecule has 0 aliphatic heterocycles. The lowest BCUT2D eigenvalue weighted by Gasteiger charge is -2.26. The van der Waals surface area contributed by atoms with Crippen molar-refractivity contribution in [3.05, 3.63) is 29.8 Å². The van der Waals surface area contributed by atoms with Gasteiger partial charge in [0.25, 0.3) is 0 Å². The SMILES string of the molecule is CC(CC#N)N(C)c1ccccc1C=O. The van der Waals surface area contributed by atoms with Crippen LogP contribution in [0.4, 0.5) is 5.69 Å². The first-order valence-electron chi connectivity index (χ1n) is 4.84. The fourth-order valence-electron chi connectivity index (χ4n) is 1.41. The van der Waals surface area contributed by atoms with Crippen molar-refractivity contribution in [1.82, 2.24) is 0 Å². The first kappa shape index (κ1) is 11.3. The maximum absolute atomic E-state index is 10.8. The summed E-state index contributed by atoms with van der Waals surface area (Å²) in [6.45, 7) is 1.96. The zero-order valence-electron chi connectivity index (χ0n) is 8.97. The summed E-state index contributed by atoms with van der Waals surface area (Å²) in [7, 11) is 1.89. The van der Waals surface area contributed by atoms with Crippen LogP contribution in [0, 0.1) is 11.3 Å². The molecule has 0 fully saturated rings. The molecular formula is C12H14N2O. The van der Waals surface area contributed by atoms with E-state index in [1.54, 1.807) is 6.07 Å². The Hall–Kier alpha value is -1.82. The Bertz CT molecular complexity index is 381. The van der Waals surface area contributed by atoms with Crippen molar-refractivity contribution in [1.29, 1.82) is 5.26 Å². The van der Waals surface area contributed by atoms with Crippen LogP contribution in [0.5, 0.6) is 0 Å². The first-order valence-corrected chi connectivity index (χ1v) is 4.84. The second kappa shape index (κ2) is 5.16. The Kier molecular flexibility index (Phi) is 3.87. The number of para-hydroxylation sites is 1. The van der Waals surface area contributed by atoms with Gasteiger partial charge in [0.05, 0.1) is 12.5 Å². The van der Waals surface area contributed by atoms with Crippen LogP contribution >= 0.6 is 0 Å². The molecule has 0 spiro atoms. The van der Waals surface area contributed by atoms with Gasteiger partial charge in [0.15, 0.2) is 6.29 Å². The molecule has 0 heterocycles. The van der Waals surface area contributed by atoms with Crippen molar-refractivity contribution < 1.29 is 4.79 Å². The molecule has 1 unspecified atom stereocenters. The van der Waals surface area contributed by atoms with Gasteiger partial charge in [-0.2, -0.15) is 5.26 Å². The van der Waals surface area contributed by atoms with E-state index in [1.165, 1.54) is 0 Å². The average Bonchev–Trinajstić information content (AvgIpc) is 2.28. The van der Waals surface area contributed by atoms with E-state index in [1.807, 2.05) is 37.1 Å². The highest BCUT2D eigenvalue weighted by Gasteiger charge is 2.12. The molecular weight excluding hydrogens is 188 g/mol. The third kappa shape index (κ3) is 2.57. The van der Waals surface area contributed by atoms with Gasteiger partial charge in [0, 0.05) is 24.3 Å². The van der Waals surface area contributed by atoms with Crippen LogP contribution in [-0.4, -0.2) is 19.4 Å². The summed E-state index contributed by atoms with van der Waals surface area (Å²) in [6, 6.07) is 9.61. The van der Waals surface area contributed by atoms with Crippen LogP contribution in [-0.2, 0) is 0 Å². The highest BCUT2D eigenvalue weighted by atomic mass is 16.1. The predicted molar refractivity (Wildman–Crippen MR) is 59.9 cm³/mol. The monoisotopic (exact) mass is 202 g/mol. The number of carbonyl (C=O) groups is 1. The smallest absolute Gasteiger partial charge is 0.152 e. The van der Waals surface area contributed by atoms with Crippen molar-refractivity contribution in [2.75, 3.05) is 11.9 Å². The molecule has 1 aromatic rings. The maximum atomic E-state index is 10.8. The van der Waals surface area contributed by atoms with E-state index in [2.05, 4.69) is 6.07 Å². The molecule has 0 N–H and O–H groups in total. The lowest BCUT2D eigenvalue weighted by molar-refractivity contribution is 0.112. The van der Waals surface area contributed by atoms with Crippen LogP contribution in [0.15, 0.2) is 24.3 Å². The highest BCUT2D eigenvalue weighted by Crippen LogP contribution is 2.20. The minimum atomic E-state index is 0.107. The van der Waals surface area contributed by atoms with Crippen molar-refractivity contribution in [2.45, 2.75) is 19.4 Å². The Labute approximate surface area is 89.9 Å². The van der Waals surface area contributed by atoms with Crippen molar-refractivity contribution >= 4 is 12.0 Å². The number of rotatable bonds is 4. The number of hydrogen-bond acceptors (Lipinski definition) is 3. The average molecular weight is 202 g/mol. The number of carbonyl (C=O) groups excluding carboxylic acids is 1. The quantitative estimate of drug-likeness (QED) is 0.703. The van der Waals surface area contributed by atoms with Crippen LogP contribution in [0.1, 0.15) is 23.7 Å². The normalized spacial score (nSPS) is 11.5. The van der Waals surface area contributed by atoms with Crippen molar-refractivity contribution in [3.8, 4) is 6.07 Å². The van der Waals surface area contributed by atoms with Crippen molar-refractivity contribution in [2.24, 2.45) is 0 Å². The van der Waals surface area contributed by atoms with E-state index in [4.69, 9.17) is 5.26 Å². The molecule has 0 saturated carbocycles. The molecule has 3 heteroatoms. The molecule has 0 radical (unpaired) electrons. The van der Waals surface area contributed by atoms with E-state index < -0.39 is 0 Å². The molecule has 1 aromatic carbocycles. The van der Waals surface area contributed by atoms with E-state index in [9.17, 15) is 4.79 Å². The van der Waals surface area contributed by atoms with Crippen LogP contribution < -0.4 is 4.90 Å². The predicted octanol–water partition coefficient (Wildman–Crippen LogP) is 2.24. The van der Waals surface area contributed by atoms with E-state index >= 15 is 0 Å². The van der Waals surface area contributed by atoms with Gasteiger partial charge in [0.2, 0.25) is 0 Å². The lowest BCUT2D eigenvalue weighted by atomic mass is 10.1.